The van der Waals surface area contributed by atoms with Gasteiger partial charge >= 0.3 is 0 Å². The molecule has 2 nitrogen and oxygen atoms in total. The lowest BCUT2D eigenvalue weighted by atomic mass is 10.0. The highest BCUT2D eigenvalue weighted by atomic mass is 32.1. The summed E-state index contributed by atoms with van der Waals surface area (Å²) in [5.74, 6) is -0.621. The van der Waals surface area contributed by atoms with Crippen molar-refractivity contribution in [2.45, 2.75) is 0 Å². The molecule has 0 unspecified atom stereocenters. The second-order valence-electron chi connectivity index (χ2n) is 6.22. The number of halogens is 2. The SMILES string of the molecule is Fc1cccc(/C2=N/c3sccc3/C(c3cccc(F)c3)=N\c3sccc32)c1. The van der Waals surface area contributed by atoms with Gasteiger partial charge in [-0.1, -0.05) is 24.3 Å². The Morgan fingerprint density at radius 1 is 0.607 bits per heavy atom. The van der Waals surface area contributed by atoms with E-state index in [-0.39, 0.29) is 11.6 Å². The molecule has 0 atom stereocenters. The van der Waals surface area contributed by atoms with E-state index >= 15 is 0 Å². The number of hydrogen-bond acceptors (Lipinski definition) is 4. The molecule has 0 saturated heterocycles. The fourth-order valence-corrected chi connectivity index (χ4v) is 4.71. The summed E-state index contributed by atoms with van der Waals surface area (Å²) >= 11 is 2.96. The normalized spacial score (nSPS) is 16.8. The van der Waals surface area contributed by atoms with Crippen LogP contribution < -0.4 is 0 Å². The average molecular weight is 406 g/mol. The van der Waals surface area contributed by atoms with Gasteiger partial charge in [0.15, 0.2) is 0 Å². The van der Waals surface area contributed by atoms with Crippen molar-refractivity contribution < 1.29 is 8.78 Å². The number of fused-ring (bicyclic) bond motifs is 2. The molecule has 2 aromatic carbocycles. The molecule has 0 bridgehead atoms. The Bertz CT molecular complexity index is 1150. The van der Waals surface area contributed by atoms with Crippen LogP contribution in [0.3, 0.4) is 0 Å². The van der Waals surface area contributed by atoms with Crippen LogP contribution in [-0.2, 0) is 0 Å². The molecular weight excluding hydrogens is 394 g/mol. The molecule has 0 aliphatic carbocycles. The molecule has 0 spiro atoms. The summed E-state index contributed by atoms with van der Waals surface area (Å²) in [6, 6.07) is 16.7. The standard InChI is InChI=1S/C22H12F2N2S2/c23-15-5-1-3-13(11-15)19-17-7-9-27-21(17)26-20(14-4-2-6-16(24)12-14)18-8-10-28-22(18)25-19/h1-12H/b19-17?,20-18?,25-19-,25-22?,26-20-,26-21?. The minimum atomic E-state index is -0.311. The maximum absolute atomic E-state index is 13.9. The average Bonchev–Trinajstić information content (AvgIpc) is 3.31. The van der Waals surface area contributed by atoms with Gasteiger partial charge in [0.25, 0.3) is 0 Å². The quantitative estimate of drug-likeness (QED) is 0.310. The van der Waals surface area contributed by atoms with Gasteiger partial charge in [-0.3, -0.25) is 0 Å². The van der Waals surface area contributed by atoms with Crippen molar-refractivity contribution in [3.8, 4) is 0 Å². The van der Waals surface area contributed by atoms with Gasteiger partial charge in [-0.05, 0) is 47.2 Å². The van der Waals surface area contributed by atoms with Gasteiger partial charge in [0.1, 0.15) is 21.6 Å². The van der Waals surface area contributed by atoms with E-state index in [2.05, 4.69) is 0 Å². The molecule has 1 aliphatic rings. The Balaban J connectivity index is 1.77. The lowest BCUT2D eigenvalue weighted by Crippen LogP contribution is -2.08. The van der Waals surface area contributed by atoms with Gasteiger partial charge in [-0.2, -0.15) is 0 Å². The summed E-state index contributed by atoms with van der Waals surface area (Å²) < 4.78 is 27.7. The van der Waals surface area contributed by atoms with Crippen molar-refractivity contribution in [1.82, 2.24) is 0 Å². The monoisotopic (exact) mass is 406 g/mol. The van der Waals surface area contributed by atoms with Gasteiger partial charge in [0.05, 0.1) is 11.4 Å². The lowest BCUT2D eigenvalue weighted by Gasteiger charge is -2.13. The van der Waals surface area contributed by atoms with Gasteiger partial charge in [-0.25, -0.2) is 18.8 Å². The Hall–Kier alpha value is -2.96. The smallest absolute Gasteiger partial charge is 0.126 e. The largest absolute Gasteiger partial charge is 0.236 e. The minimum absolute atomic E-state index is 0.311. The predicted molar refractivity (Wildman–Crippen MR) is 112 cm³/mol. The van der Waals surface area contributed by atoms with Crippen molar-refractivity contribution >= 4 is 44.1 Å². The zero-order valence-corrected chi connectivity index (χ0v) is 16.0. The van der Waals surface area contributed by atoms with E-state index in [9.17, 15) is 8.78 Å². The summed E-state index contributed by atoms with van der Waals surface area (Å²) in [5, 5.41) is 5.40. The van der Waals surface area contributed by atoms with Crippen LogP contribution >= 0.6 is 22.7 Å². The van der Waals surface area contributed by atoms with Gasteiger partial charge in [0, 0.05) is 22.3 Å². The van der Waals surface area contributed by atoms with Crippen LogP contribution in [0.5, 0.6) is 0 Å². The first-order valence-corrected chi connectivity index (χ1v) is 10.3. The zero-order valence-electron chi connectivity index (χ0n) is 14.4. The first kappa shape index (κ1) is 17.2. The summed E-state index contributed by atoms with van der Waals surface area (Å²) in [6.45, 7) is 0. The van der Waals surface area contributed by atoms with Crippen LogP contribution in [0.25, 0.3) is 0 Å². The first-order chi connectivity index (χ1) is 13.7. The van der Waals surface area contributed by atoms with Gasteiger partial charge in [0.2, 0.25) is 0 Å². The Morgan fingerprint density at radius 2 is 1.07 bits per heavy atom. The van der Waals surface area contributed by atoms with Crippen LogP contribution in [0.15, 0.2) is 81.4 Å². The maximum Gasteiger partial charge on any atom is 0.126 e. The topological polar surface area (TPSA) is 24.7 Å². The molecule has 4 aromatic rings. The van der Waals surface area contributed by atoms with Crippen molar-refractivity contribution in [2.24, 2.45) is 9.98 Å². The van der Waals surface area contributed by atoms with Crippen molar-refractivity contribution in [2.75, 3.05) is 0 Å². The zero-order chi connectivity index (χ0) is 19.1. The second-order valence-corrected chi connectivity index (χ2v) is 8.01. The van der Waals surface area contributed by atoms with Crippen LogP contribution in [0.1, 0.15) is 22.3 Å². The van der Waals surface area contributed by atoms with E-state index < -0.39 is 0 Å². The van der Waals surface area contributed by atoms with Crippen LogP contribution in [0.4, 0.5) is 18.8 Å². The number of hydrogen-bond donors (Lipinski definition) is 0. The molecule has 5 rings (SSSR count). The van der Waals surface area contributed by atoms with E-state index in [0.717, 1.165) is 21.1 Å². The van der Waals surface area contributed by atoms with Crippen molar-refractivity contribution in [3.05, 3.63) is 105 Å². The van der Waals surface area contributed by atoms with Crippen molar-refractivity contribution in [3.63, 3.8) is 0 Å². The molecule has 6 heteroatoms. The molecule has 0 radical (unpaired) electrons. The van der Waals surface area contributed by atoms with E-state index in [0.29, 0.717) is 22.6 Å². The number of rotatable bonds is 2. The molecule has 136 valence electrons. The molecule has 2 aromatic heterocycles. The van der Waals surface area contributed by atoms with Crippen LogP contribution in [0, 0.1) is 11.6 Å². The van der Waals surface area contributed by atoms with Crippen LogP contribution in [-0.4, -0.2) is 11.4 Å². The molecular formula is C22H12F2N2S2. The Morgan fingerprint density at radius 3 is 1.50 bits per heavy atom. The number of nitrogens with zero attached hydrogens (tertiary/aromatic N) is 2. The number of aliphatic imine (C=N–C) groups is 2. The molecule has 0 saturated carbocycles. The van der Waals surface area contributed by atoms with E-state index in [1.165, 1.54) is 46.9 Å². The van der Waals surface area contributed by atoms with Crippen LogP contribution in [0.2, 0.25) is 0 Å². The summed E-state index contributed by atoms with van der Waals surface area (Å²) in [4.78, 5) is 9.77. The Kier molecular flexibility index (Phi) is 4.22. The fraction of sp³-hybridized carbons (Fsp3) is 0. The third kappa shape index (κ3) is 3.00. The summed E-state index contributed by atoms with van der Waals surface area (Å²) in [5.41, 5.74) is 4.43. The highest BCUT2D eigenvalue weighted by molar-refractivity contribution is 7.15. The predicted octanol–water partition coefficient (Wildman–Crippen LogP) is 6.74. The molecule has 1 aliphatic heterocycles. The second kappa shape index (κ2) is 6.89. The van der Waals surface area contributed by atoms with Crippen molar-refractivity contribution in [1.29, 1.82) is 0 Å². The maximum atomic E-state index is 13.9. The summed E-state index contributed by atoms with van der Waals surface area (Å²) in [6.07, 6.45) is 0. The van der Waals surface area contributed by atoms with E-state index in [4.69, 9.17) is 9.98 Å². The molecule has 28 heavy (non-hydrogen) atoms. The highest BCUT2D eigenvalue weighted by Crippen LogP contribution is 2.38. The Labute approximate surface area is 168 Å². The fourth-order valence-electron chi connectivity index (χ4n) is 3.17. The molecule has 0 amide bonds. The number of benzene rings is 2. The third-order valence-electron chi connectivity index (χ3n) is 4.42. The first-order valence-electron chi connectivity index (χ1n) is 8.54. The third-order valence-corrected chi connectivity index (χ3v) is 6.04. The minimum Gasteiger partial charge on any atom is -0.236 e. The van der Waals surface area contributed by atoms with E-state index in [1.54, 1.807) is 12.1 Å². The molecule has 3 heterocycles. The summed E-state index contributed by atoms with van der Waals surface area (Å²) in [7, 11) is 0. The molecule has 0 N–H and O–H groups in total. The lowest BCUT2D eigenvalue weighted by molar-refractivity contribution is 0.627. The molecule has 0 fully saturated rings. The van der Waals surface area contributed by atoms with Gasteiger partial charge < -0.3 is 0 Å². The number of thiophene rings is 2. The van der Waals surface area contributed by atoms with E-state index in [1.807, 2.05) is 35.0 Å². The highest BCUT2D eigenvalue weighted by Gasteiger charge is 2.22. The van der Waals surface area contributed by atoms with Gasteiger partial charge in [-0.15, -0.1) is 22.7 Å².